The quantitative estimate of drug-likeness (QED) is 0.617. The second kappa shape index (κ2) is 8.88. The zero-order valence-electron chi connectivity index (χ0n) is 1.57. The van der Waals surface area contributed by atoms with Crippen LogP contribution in [0.3, 0.4) is 0 Å². The molecule has 0 bridgehead atoms. The Morgan fingerprint density at radius 1 is 1.25 bits per heavy atom. The molecule has 0 unspecified atom stereocenters. The van der Waals surface area contributed by atoms with E-state index in [0.29, 0.717) is 0 Å². The first-order valence-electron chi connectivity index (χ1n) is 0.309. The minimum atomic E-state index is 0. The maximum absolute atomic E-state index is 4.19. The van der Waals surface area contributed by atoms with Crippen molar-refractivity contribution in [3.05, 3.63) is 0 Å². The number of rotatable bonds is 0. The van der Waals surface area contributed by atoms with Crippen LogP contribution in [-0.4, -0.2) is 0 Å². The van der Waals surface area contributed by atoms with E-state index in [9.17, 15) is 0 Å². The summed E-state index contributed by atoms with van der Waals surface area (Å²) in [6, 6.07) is 0. The third-order valence-corrected chi connectivity index (χ3v) is 0. The Bertz CT molecular complexity index is 6.00. The van der Waals surface area contributed by atoms with Crippen LogP contribution < -0.4 is 0 Å². The fourth-order valence-corrected chi connectivity index (χ4v) is 0. The van der Waals surface area contributed by atoms with Gasteiger partial charge in [0.05, 0.1) is 0 Å². The van der Waals surface area contributed by atoms with Crippen molar-refractivity contribution in [3.8, 4) is 0 Å². The molecular formula is CrI2O. The minimum Gasteiger partial charge on any atom is -0.247 e. The molecule has 0 amide bonds. The fourth-order valence-electron chi connectivity index (χ4n) is 0. The van der Waals surface area contributed by atoms with Crippen molar-refractivity contribution < 1.29 is 18.8 Å². The second-order valence-corrected chi connectivity index (χ2v) is 2.62. The van der Waals surface area contributed by atoms with E-state index in [0.717, 1.165) is 0 Å². The molecule has 0 atom stereocenters. The summed E-state index contributed by atoms with van der Waals surface area (Å²) in [7, 11) is 0. The van der Waals surface area contributed by atoms with E-state index in [1.165, 1.54) is 0 Å². The Labute approximate surface area is 64.0 Å². The summed E-state index contributed by atoms with van der Waals surface area (Å²) >= 11 is 3.55. The number of hydrogen-bond donors (Lipinski definition) is 0. The van der Waals surface area contributed by atoms with Crippen LogP contribution in [0.25, 0.3) is 0 Å². The van der Waals surface area contributed by atoms with Gasteiger partial charge >= 0.3 is 0 Å². The van der Waals surface area contributed by atoms with Gasteiger partial charge in [-0.2, -0.15) is 0 Å². The SMILES string of the molecule is IOI.[Cr]. The Kier molecular flexibility index (Phi) is 20.7. The zero-order valence-corrected chi connectivity index (χ0v) is 7.16. The van der Waals surface area contributed by atoms with Crippen LogP contribution in [0.4, 0.5) is 0 Å². The Morgan fingerprint density at radius 2 is 1.25 bits per heavy atom. The van der Waals surface area contributed by atoms with E-state index in [4.69, 9.17) is 0 Å². The number of halogens is 2. The normalized spacial score (nSPS) is 4.50. The topological polar surface area (TPSA) is 9.23 Å². The van der Waals surface area contributed by atoms with Gasteiger partial charge in [-0.15, -0.1) is 0 Å². The molecule has 0 radical (unpaired) electrons. The smallest absolute Gasteiger partial charge is 0.124 e. The van der Waals surface area contributed by atoms with Crippen molar-refractivity contribution in [3.63, 3.8) is 0 Å². The average molecular weight is 322 g/mol. The molecule has 26 valence electrons. The van der Waals surface area contributed by atoms with Crippen molar-refractivity contribution >= 4 is 46.0 Å². The predicted octanol–water partition coefficient (Wildman–Crippen LogP) is 1.70. The van der Waals surface area contributed by atoms with Crippen molar-refractivity contribution in [1.29, 1.82) is 0 Å². The molecule has 0 aliphatic carbocycles. The van der Waals surface area contributed by atoms with Crippen LogP contribution in [0.1, 0.15) is 0 Å². The maximum Gasteiger partial charge on any atom is 0.124 e. The van der Waals surface area contributed by atoms with Crippen molar-refractivity contribution in [2.45, 2.75) is 0 Å². The molecule has 4 heteroatoms. The number of hydrogen-bond acceptors (Lipinski definition) is 1. The molecule has 0 spiro atoms. The van der Waals surface area contributed by atoms with Crippen molar-refractivity contribution in [2.75, 3.05) is 0 Å². The molecule has 0 aromatic rings. The van der Waals surface area contributed by atoms with Gasteiger partial charge in [0, 0.05) is 17.4 Å². The molecule has 0 aromatic heterocycles. The van der Waals surface area contributed by atoms with Gasteiger partial charge in [0.15, 0.2) is 0 Å². The summed E-state index contributed by atoms with van der Waals surface area (Å²) in [6.45, 7) is 0. The molecule has 0 aliphatic heterocycles. The van der Waals surface area contributed by atoms with Crippen molar-refractivity contribution in [2.24, 2.45) is 0 Å². The molecule has 0 saturated heterocycles. The summed E-state index contributed by atoms with van der Waals surface area (Å²) in [5, 5.41) is 0. The van der Waals surface area contributed by atoms with Crippen LogP contribution in [0.2, 0.25) is 0 Å². The first-order valence-corrected chi connectivity index (χ1v) is 2.07. The van der Waals surface area contributed by atoms with Gasteiger partial charge in [-0.1, -0.05) is 0 Å². The van der Waals surface area contributed by atoms with Crippen LogP contribution in [0.5, 0.6) is 0 Å². The Morgan fingerprint density at radius 3 is 1.25 bits per heavy atom. The largest absolute Gasteiger partial charge is 0.247 e. The minimum absolute atomic E-state index is 0. The Balaban J connectivity index is 0. The van der Waals surface area contributed by atoms with Gasteiger partial charge in [-0.3, -0.25) is 0 Å². The molecular weight excluding hydrogens is 322 g/mol. The third-order valence-electron chi connectivity index (χ3n) is 0. The third kappa shape index (κ3) is 9.04. The van der Waals surface area contributed by atoms with E-state index < -0.39 is 0 Å². The van der Waals surface area contributed by atoms with Gasteiger partial charge < -0.3 is 0 Å². The maximum atomic E-state index is 4.19. The van der Waals surface area contributed by atoms with Crippen LogP contribution >= 0.6 is 46.0 Å². The summed E-state index contributed by atoms with van der Waals surface area (Å²) in [6.07, 6.45) is 0. The molecule has 0 saturated carbocycles. The molecule has 1 nitrogen and oxygen atoms in total. The monoisotopic (exact) mass is 322 g/mol. The van der Waals surface area contributed by atoms with Crippen LogP contribution in [0.15, 0.2) is 0 Å². The van der Waals surface area contributed by atoms with Gasteiger partial charge in [0.1, 0.15) is 46.0 Å². The van der Waals surface area contributed by atoms with E-state index in [-0.39, 0.29) is 17.4 Å². The van der Waals surface area contributed by atoms with Gasteiger partial charge in [-0.25, -0.2) is 1.40 Å². The van der Waals surface area contributed by atoms with E-state index in [2.05, 4.69) is 1.40 Å². The standard InChI is InChI=1S/Cr.I2O/c;1-3-2. The van der Waals surface area contributed by atoms with E-state index in [1.54, 1.807) is 46.0 Å². The second-order valence-electron chi connectivity index (χ2n) is 0.0583. The summed E-state index contributed by atoms with van der Waals surface area (Å²) in [5.74, 6) is 0. The molecule has 0 fully saturated rings. The van der Waals surface area contributed by atoms with E-state index in [1.807, 2.05) is 0 Å². The predicted molar refractivity (Wildman–Crippen MR) is 29.1 cm³/mol. The summed E-state index contributed by atoms with van der Waals surface area (Å²) in [5.41, 5.74) is 0. The molecule has 0 N–H and O–H groups in total. The average Bonchev–Trinajstić information content (AvgIpc) is 0.918. The first kappa shape index (κ1) is 9.35. The summed E-state index contributed by atoms with van der Waals surface area (Å²) < 4.78 is 4.19. The molecule has 0 rings (SSSR count). The molecule has 4 heavy (non-hydrogen) atoms. The zero-order chi connectivity index (χ0) is 2.71. The summed E-state index contributed by atoms with van der Waals surface area (Å²) in [4.78, 5) is 0. The molecule has 0 aliphatic rings. The van der Waals surface area contributed by atoms with E-state index >= 15 is 0 Å². The Hall–Kier alpha value is 1.95. The van der Waals surface area contributed by atoms with Crippen molar-refractivity contribution in [1.82, 2.24) is 0 Å². The first-order chi connectivity index (χ1) is 1.41. The van der Waals surface area contributed by atoms with Crippen LogP contribution in [0, 0.1) is 0 Å². The van der Waals surface area contributed by atoms with Crippen LogP contribution in [-0.2, 0) is 18.8 Å². The van der Waals surface area contributed by atoms with Gasteiger partial charge in [0.2, 0.25) is 0 Å². The van der Waals surface area contributed by atoms with Gasteiger partial charge in [-0.05, 0) is 0 Å². The molecule has 0 aromatic carbocycles. The van der Waals surface area contributed by atoms with Gasteiger partial charge in [0.25, 0.3) is 0 Å². The fraction of sp³-hybridized carbons (Fsp3) is 0. The molecule has 0 heterocycles.